The lowest BCUT2D eigenvalue weighted by atomic mass is 10.1. The first-order valence-corrected chi connectivity index (χ1v) is 12.0. The van der Waals surface area contributed by atoms with E-state index in [1.54, 1.807) is 11.3 Å². The molecule has 0 unspecified atom stereocenters. The molecule has 1 aromatic heterocycles. The third kappa shape index (κ3) is 6.86. The molecule has 0 bridgehead atoms. The maximum absolute atomic E-state index is 5.84. The van der Waals surface area contributed by atoms with E-state index in [-0.39, 0.29) is 6.10 Å². The normalized spacial score (nSPS) is 15.7. The highest BCUT2D eigenvalue weighted by molar-refractivity contribution is 7.80. The summed E-state index contributed by atoms with van der Waals surface area (Å²) in [5, 5.41) is 6.34. The predicted octanol–water partition coefficient (Wildman–Crippen LogP) is 4.64. The SMILES string of the molecule is CCOc1ccc(CCNC(=S)N(Cc2cccs2)C[C@H]2CCCO2)cc1OCC. The van der Waals surface area contributed by atoms with Gasteiger partial charge >= 0.3 is 0 Å². The Bertz CT molecular complexity index is 777. The van der Waals surface area contributed by atoms with Gasteiger partial charge in [0.1, 0.15) is 0 Å². The second-order valence-corrected chi connectivity index (χ2v) is 8.64. The number of thiocarbonyl (C=S) groups is 1. The van der Waals surface area contributed by atoms with Crippen LogP contribution in [0.1, 0.15) is 37.1 Å². The molecule has 2 heterocycles. The molecule has 0 radical (unpaired) electrons. The van der Waals surface area contributed by atoms with Crippen LogP contribution in [0, 0.1) is 0 Å². The van der Waals surface area contributed by atoms with Gasteiger partial charge in [-0.15, -0.1) is 11.3 Å². The molecule has 1 aliphatic heterocycles. The smallest absolute Gasteiger partial charge is 0.169 e. The van der Waals surface area contributed by atoms with Crippen LogP contribution < -0.4 is 14.8 Å². The molecule has 0 saturated carbocycles. The van der Waals surface area contributed by atoms with Gasteiger partial charge in [0, 0.05) is 24.6 Å². The molecule has 164 valence electrons. The van der Waals surface area contributed by atoms with Crippen LogP contribution in [-0.4, -0.2) is 49.0 Å². The minimum atomic E-state index is 0.268. The maximum atomic E-state index is 5.84. The van der Waals surface area contributed by atoms with Crippen molar-refractivity contribution in [2.75, 3.05) is 32.9 Å². The number of thiophene rings is 1. The van der Waals surface area contributed by atoms with E-state index in [2.05, 4.69) is 39.9 Å². The fraction of sp³-hybridized carbons (Fsp3) is 0.522. The van der Waals surface area contributed by atoms with E-state index in [1.165, 1.54) is 10.4 Å². The lowest BCUT2D eigenvalue weighted by Crippen LogP contribution is -2.43. The van der Waals surface area contributed by atoms with E-state index < -0.39 is 0 Å². The first-order chi connectivity index (χ1) is 14.7. The zero-order chi connectivity index (χ0) is 21.2. The number of hydrogen-bond acceptors (Lipinski definition) is 5. The first kappa shape index (κ1) is 22.8. The van der Waals surface area contributed by atoms with E-state index in [0.29, 0.717) is 13.2 Å². The first-order valence-electron chi connectivity index (χ1n) is 10.7. The van der Waals surface area contributed by atoms with Crippen molar-refractivity contribution in [1.82, 2.24) is 10.2 Å². The molecular weight excluding hydrogens is 416 g/mol. The quantitative estimate of drug-likeness (QED) is 0.505. The molecule has 0 amide bonds. The van der Waals surface area contributed by atoms with Crippen LogP contribution in [0.4, 0.5) is 0 Å². The van der Waals surface area contributed by atoms with Gasteiger partial charge in [-0.05, 0) is 74.5 Å². The lowest BCUT2D eigenvalue weighted by molar-refractivity contribution is 0.0899. The van der Waals surface area contributed by atoms with Gasteiger partial charge in [0.15, 0.2) is 16.6 Å². The van der Waals surface area contributed by atoms with Gasteiger partial charge in [0.05, 0.1) is 25.9 Å². The maximum Gasteiger partial charge on any atom is 0.169 e. The van der Waals surface area contributed by atoms with Gasteiger partial charge in [-0.25, -0.2) is 0 Å². The molecule has 2 aromatic rings. The van der Waals surface area contributed by atoms with Crippen molar-refractivity contribution in [2.24, 2.45) is 0 Å². The van der Waals surface area contributed by atoms with Gasteiger partial charge in [0.25, 0.3) is 0 Å². The lowest BCUT2D eigenvalue weighted by Gasteiger charge is -2.28. The molecule has 30 heavy (non-hydrogen) atoms. The van der Waals surface area contributed by atoms with Crippen LogP contribution in [0.25, 0.3) is 0 Å². The highest BCUT2D eigenvalue weighted by Crippen LogP contribution is 2.28. The average molecular weight is 449 g/mol. The molecule has 1 saturated heterocycles. The van der Waals surface area contributed by atoms with Gasteiger partial charge in [-0.2, -0.15) is 0 Å². The molecule has 1 N–H and O–H groups in total. The van der Waals surface area contributed by atoms with Crippen molar-refractivity contribution in [2.45, 2.75) is 45.8 Å². The van der Waals surface area contributed by atoms with Crippen molar-refractivity contribution in [3.8, 4) is 11.5 Å². The summed E-state index contributed by atoms with van der Waals surface area (Å²) in [6, 6.07) is 10.4. The predicted molar refractivity (Wildman–Crippen MR) is 127 cm³/mol. The monoisotopic (exact) mass is 448 g/mol. The summed E-state index contributed by atoms with van der Waals surface area (Å²) in [5.41, 5.74) is 1.20. The van der Waals surface area contributed by atoms with Crippen molar-refractivity contribution >= 4 is 28.7 Å². The third-order valence-electron chi connectivity index (χ3n) is 4.96. The number of nitrogens with zero attached hydrogens (tertiary/aromatic N) is 1. The topological polar surface area (TPSA) is 43.0 Å². The molecule has 0 spiro atoms. The fourth-order valence-electron chi connectivity index (χ4n) is 3.52. The Kier molecular flexibility index (Phi) is 9.24. The van der Waals surface area contributed by atoms with Gasteiger partial charge in [-0.1, -0.05) is 12.1 Å². The summed E-state index contributed by atoms with van der Waals surface area (Å²) in [5.74, 6) is 1.60. The molecule has 5 nitrogen and oxygen atoms in total. The van der Waals surface area contributed by atoms with E-state index in [4.69, 9.17) is 26.4 Å². The molecular formula is C23H32N2O3S2. The van der Waals surface area contributed by atoms with Crippen molar-refractivity contribution in [1.29, 1.82) is 0 Å². The minimum Gasteiger partial charge on any atom is -0.490 e. The molecule has 1 fully saturated rings. The zero-order valence-corrected chi connectivity index (χ0v) is 19.5. The van der Waals surface area contributed by atoms with E-state index in [9.17, 15) is 0 Å². The zero-order valence-electron chi connectivity index (χ0n) is 17.9. The number of ether oxygens (including phenoxy) is 3. The summed E-state index contributed by atoms with van der Waals surface area (Å²) in [6.07, 6.45) is 3.37. The van der Waals surface area contributed by atoms with Crippen molar-refractivity contribution < 1.29 is 14.2 Å². The Morgan fingerprint density at radius 1 is 1.23 bits per heavy atom. The molecule has 1 aromatic carbocycles. The number of nitrogens with one attached hydrogen (secondary N) is 1. The summed E-state index contributed by atoms with van der Waals surface area (Å²) >= 11 is 7.50. The minimum absolute atomic E-state index is 0.268. The Hall–Kier alpha value is -1.83. The Balaban J connectivity index is 1.55. The molecule has 1 aliphatic rings. The average Bonchev–Trinajstić information content (AvgIpc) is 3.44. The van der Waals surface area contributed by atoms with Crippen molar-refractivity contribution in [3.05, 3.63) is 46.2 Å². The fourth-order valence-corrected chi connectivity index (χ4v) is 4.48. The summed E-state index contributed by atoms with van der Waals surface area (Å²) in [7, 11) is 0. The third-order valence-corrected chi connectivity index (χ3v) is 6.22. The second-order valence-electron chi connectivity index (χ2n) is 7.22. The van der Waals surface area contributed by atoms with Crippen LogP contribution in [0.15, 0.2) is 35.7 Å². The van der Waals surface area contributed by atoms with E-state index in [1.807, 2.05) is 19.9 Å². The van der Waals surface area contributed by atoms with E-state index >= 15 is 0 Å². The number of benzene rings is 1. The summed E-state index contributed by atoms with van der Waals surface area (Å²) in [4.78, 5) is 3.55. The van der Waals surface area contributed by atoms with Crippen LogP contribution in [0.2, 0.25) is 0 Å². The van der Waals surface area contributed by atoms with Crippen LogP contribution >= 0.6 is 23.6 Å². The standard InChI is InChI=1S/C23H32N2O3S2/c1-3-26-21-10-9-18(15-22(21)27-4-2)11-12-24-23(29)25(16-19-7-5-13-28-19)17-20-8-6-14-30-20/h6,8-10,14-15,19H,3-5,7,11-13,16-17H2,1-2H3,(H,24,29)/t19-/m1/s1. The number of rotatable bonds is 11. The van der Waals surface area contributed by atoms with Gasteiger partial charge < -0.3 is 24.4 Å². The molecule has 3 rings (SSSR count). The molecule has 1 atom stereocenters. The van der Waals surface area contributed by atoms with Gasteiger partial charge in [0.2, 0.25) is 0 Å². The Morgan fingerprint density at radius 2 is 2.07 bits per heavy atom. The Labute approximate surface area is 189 Å². The Morgan fingerprint density at radius 3 is 2.77 bits per heavy atom. The molecule has 7 heteroatoms. The van der Waals surface area contributed by atoms with Crippen LogP contribution in [-0.2, 0) is 17.7 Å². The summed E-state index contributed by atoms with van der Waals surface area (Å²) < 4.78 is 17.2. The van der Waals surface area contributed by atoms with Crippen molar-refractivity contribution in [3.63, 3.8) is 0 Å². The number of hydrogen-bond donors (Lipinski definition) is 1. The molecule has 0 aliphatic carbocycles. The van der Waals surface area contributed by atoms with E-state index in [0.717, 1.165) is 62.1 Å². The highest BCUT2D eigenvalue weighted by atomic mass is 32.1. The van der Waals surface area contributed by atoms with Crippen LogP contribution in [0.5, 0.6) is 11.5 Å². The second kappa shape index (κ2) is 12.1. The largest absolute Gasteiger partial charge is 0.490 e. The highest BCUT2D eigenvalue weighted by Gasteiger charge is 2.21. The van der Waals surface area contributed by atoms with Crippen LogP contribution in [0.3, 0.4) is 0 Å². The van der Waals surface area contributed by atoms with Gasteiger partial charge in [-0.3, -0.25) is 0 Å². The summed E-state index contributed by atoms with van der Waals surface area (Å²) in [6.45, 7) is 8.49.